The molecule has 2 aromatic rings. The second kappa shape index (κ2) is 7.05. The zero-order valence-corrected chi connectivity index (χ0v) is 11.2. The first-order valence-electron chi connectivity index (χ1n) is 6.38. The number of rotatable bonds is 6. The van der Waals surface area contributed by atoms with Gasteiger partial charge in [0.25, 0.3) is 5.78 Å². The maximum absolute atomic E-state index is 11.1. The molecule has 0 spiro atoms. The van der Waals surface area contributed by atoms with Crippen molar-refractivity contribution >= 4 is 17.8 Å². The van der Waals surface area contributed by atoms with Crippen LogP contribution in [-0.2, 0) is 16.2 Å². The lowest BCUT2D eigenvalue weighted by molar-refractivity contribution is -0.146. The van der Waals surface area contributed by atoms with Crippen molar-refractivity contribution in [2.75, 3.05) is 0 Å². The summed E-state index contributed by atoms with van der Waals surface area (Å²) in [6.45, 7) is 0.401. The number of carbonyl (C=O) groups is 2. The highest BCUT2D eigenvalue weighted by Crippen LogP contribution is 2.20. The lowest BCUT2D eigenvalue weighted by Gasteiger charge is -2.09. The average molecular weight is 282 g/mol. The Morgan fingerprint density at radius 2 is 1.67 bits per heavy atom. The molecule has 4 nitrogen and oxygen atoms in total. The van der Waals surface area contributed by atoms with Gasteiger partial charge in [-0.2, -0.15) is 0 Å². The Bertz CT molecular complexity index is 660. The van der Waals surface area contributed by atoms with Gasteiger partial charge < -0.3 is 9.84 Å². The molecular weight excluding hydrogens is 268 g/mol. The van der Waals surface area contributed by atoms with Crippen molar-refractivity contribution < 1.29 is 19.4 Å². The Hall–Kier alpha value is -2.88. The Morgan fingerprint density at radius 3 is 2.38 bits per heavy atom. The van der Waals surface area contributed by atoms with Crippen LogP contribution in [0.2, 0.25) is 0 Å². The molecule has 0 aliphatic heterocycles. The van der Waals surface area contributed by atoms with Crippen LogP contribution in [0.15, 0.2) is 60.7 Å². The molecule has 0 bridgehead atoms. The lowest BCUT2D eigenvalue weighted by Crippen LogP contribution is -2.08. The molecule has 0 aromatic heterocycles. The summed E-state index contributed by atoms with van der Waals surface area (Å²) in [5.74, 6) is -1.85. The Balaban J connectivity index is 2.10. The van der Waals surface area contributed by atoms with Gasteiger partial charge in [-0.1, -0.05) is 48.5 Å². The van der Waals surface area contributed by atoms with Crippen molar-refractivity contribution in [1.29, 1.82) is 0 Å². The summed E-state index contributed by atoms with van der Waals surface area (Å²) in [7, 11) is 0. The predicted octanol–water partition coefficient (Wildman–Crippen LogP) is 2.93. The van der Waals surface area contributed by atoms with Crippen LogP contribution >= 0.6 is 0 Å². The maximum atomic E-state index is 11.1. The summed E-state index contributed by atoms with van der Waals surface area (Å²) in [4.78, 5) is 21.6. The first-order valence-corrected chi connectivity index (χ1v) is 6.38. The fraction of sp³-hybridized carbons (Fsp3) is 0.0588. The third-order valence-electron chi connectivity index (χ3n) is 2.78. The highest BCUT2D eigenvalue weighted by atomic mass is 16.5. The molecule has 0 amide bonds. The highest BCUT2D eigenvalue weighted by molar-refractivity contribution is 6.38. The Labute approximate surface area is 122 Å². The van der Waals surface area contributed by atoms with E-state index in [0.29, 0.717) is 17.9 Å². The molecule has 0 saturated heterocycles. The number of aliphatic carboxylic acids is 1. The second-order valence-electron chi connectivity index (χ2n) is 4.31. The molecule has 21 heavy (non-hydrogen) atoms. The van der Waals surface area contributed by atoms with E-state index >= 15 is 0 Å². The minimum atomic E-state index is -1.48. The number of para-hydroxylation sites is 1. The summed E-state index contributed by atoms with van der Waals surface area (Å²) < 4.78 is 5.71. The van der Waals surface area contributed by atoms with Gasteiger partial charge in [0, 0.05) is 5.56 Å². The van der Waals surface area contributed by atoms with Crippen LogP contribution in [-0.4, -0.2) is 16.9 Å². The number of carboxylic acid groups (broad SMARTS) is 1. The molecule has 0 radical (unpaired) electrons. The van der Waals surface area contributed by atoms with Crippen molar-refractivity contribution in [2.24, 2.45) is 0 Å². The molecule has 106 valence electrons. The summed E-state index contributed by atoms with van der Waals surface area (Å²) in [6.07, 6.45) is 2.46. The van der Waals surface area contributed by atoms with Gasteiger partial charge in [0.2, 0.25) is 0 Å². The van der Waals surface area contributed by atoms with Gasteiger partial charge in [-0.15, -0.1) is 0 Å². The number of benzene rings is 2. The predicted molar refractivity (Wildman–Crippen MR) is 78.9 cm³/mol. The molecular formula is C17H14O4. The number of carboxylic acids is 1. The topological polar surface area (TPSA) is 63.6 Å². The molecule has 0 unspecified atom stereocenters. The van der Waals surface area contributed by atoms with Crippen LogP contribution in [0.5, 0.6) is 5.75 Å². The Kier molecular flexibility index (Phi) is 4.88. The van der Waals surface area contributed by atoms with Gasteiger partial charge in [0.15, 0.2) is 0 Å². The van der Waals surface area contributed by atoms with Crippen molar-refractivity contribution in [1.82, 2.24) is 0 Å². The lowest BCUT2D eigenvalue weighted by atomic mass is 10.1. The number of carbonyl (C=O) groups excluding carboxylic acids is 1. The van der Waals surface area contributed by atoms with E-state index in [1.807, 2.05) is 36.4 Å². The van der Waals surface area contributed by atoms with Crippen molar-refractivity contribution in [3.8, 4) is 5.75 Å². The van der Waals surface area contributed by atoms with E-state index < -0.39 is 11.8 Å². The SMILES string of the molecule is O=C(O)C(=O)/C=C/c1ccccc1OCc1ccccc1. The van der Waals surface area contributed by atoms with E-state index in [4.69, 9.17) is 9.84 Å². The van der Waals surface area contributed by atoms with Gasteiger partial charge in [-0.3, -0.25) is 4.79 Å². The monoisotopic (exact) mass is 282 g/mol. The van der Waals surface area contributed by atoms with E-state index in [0.717, 1.165) is 11.6 Å². The zero-order valence-electron chi connectivity index (χ0n) is 11.2. The summed E-state index contributed by atoms with van der Waals surface area (Å²) in [6, 6.07) is 16.8. The van der Waals surface area contributed by atoms with Crippen molar-refractivity contribution in [3.05, 3.63) is 71.8 Å². The molecule has 0 heterocycles. The fourth-order valence-corrected chi connectivity index (χ4v) is 1.72. The standard InChI is InChI=1S/C17H14O4/c18-15(17(19)20)11-10-14-8-4-5-9-16(14)21-12-13-6-2-1-3-7-13/h1-11H,12H2,(H,19,20)/b11-10+. The van der Waals surface area contributed by atoms with Gasteiger partial charge in [-0.25, -0.2) is 4.79 Å². The quantitative estimate of drug-likeness (QED) is 0.653. The molecule has 0 aliphatic rings. The fourth-order valence-electron chi connectivity index (χ4n) is 1.72. The van der Waals surface area contributed by atoms with Gasteiger partial charge in [0.05, 0.1) is 0 Å². The molecule has 0 aliphatic carbocycles. The van der Waals surface area contributed by atoms with Gasteiger partial charge in [-0.05, 0) is 23.8 Å². The minimum absolute atomic E-state index is 0.401. The van der Waals surface area contributed by atoms with Crippen LogP contribution in [0.3, 0.4) is 0 Å². The van der Waals surface area contributed by atoms with Crippen LogP contribution in [0.4, 0.5) is 0 Å². The first-order chi connectivity index (χ1) is 10.2. The van der Waals surface area contributed by atoms with Gasteiger partial charge in [0.1, 0.15) is 12.4 Å². The van der Waals surface area contributed by atoms with Crippen LogP contribution < -0.4 is 4.74 Å². The van der Waals surface area contributed by atoms with E-state index in [2.05, 4.69) is 0 Å². The van der Waals surface area contributed by atoms with Gasteiger partial charge >= 0.3 is 5.97 Å². The van der Waals surface area contributed by atoms with Crippen molar-refractivity contribution in [2.45, 2.75) is 6.61 Å². The first kappa shape index (κ1) is 14.5. The minimum Gasteiger partial charge on any atom is -0.488 e. The van der Waals surface area contributed by atoms with Crippen molar-refractivity contribution in [3.63, 3.8) is 0 Å². The number of hydrogen-bond acceptors (Lipinski definition) is 3. The van der Waals surface area contributed by atoms with E-state index in [1.165, 1.54) is 6.08 Å². The largest absolute Gasteiger partial charge is 0.488 e. The highest BCUT2D eigenvalue weighted by Gasteiger charge is 2.07. The summed E-state index contributed by atoms with van der Waals surface area (Å²) in [5.41, 5.74) is 1.68. The smallest absolute Gasteiger partial charge is 0.376 e. The number of hydrogen-bond donors (Lipinski definition) is 1. The molecule has 0 atom stereocenters. The maximum Gasteiger partial charge on any atom is 0.376 e. The molecule has 0 fully saturated rings. The molecule has 2 rings (SSSR count). The molecule has 4 heteroatoms. The summed E-state index contributed by atoms with van der Waals surface area (Å²) in [5, 5.41) is 8.55. The normalized spacial score (nSPS) is 10.5. The molecule has 0 saturated carbocycles. The van der Waals surface area contributed by atoms with E-state index in [-0.39, 0.29) is 0 Å². The van der Waals surface area contributed by atoms with E-state index in [9.17, 15) is 9.59 Å². The number of ketones is 1. The third-order valence-corrected chi connectivity index (χ3v) is 2.78. The Morgan fingerprint density at radius 1 is 1.00 bits per heavy atom. The molecule has 1 N–H and O–H groups in total. The second-order valence-corrected chi connectivity index (χ2v) is 4.31. The third kappa shape index (κ3) is 4.31. The van der Waals surface area contributed by atoms with Crippen LogP contribution in [0.25, 0.3) is 6.08 Å². The summed E-state index contributed by atoms with van der Waals surface area (Å²) >= 11 is 0. The molecule has 2 aromatic carbocycles. The number of ether oxygens (including phenoxy) is 1. The zero-order chi connectivity index (χ0) is 15.1. The average Bonchev–Trinajstić information content (AvgIpc) is 2.52. The van der Waals surface area contributed by atoms with E-state index in [1.54, 1.807) is 18.2 Å². The van der Waals surface area contributed by atoms with Crippen LogP contribution in [0.1, 0.15) is 11.1 Å². The van der Waals surface area contributed by atoms with Crippen LogP contribution in [0, 0.1) is 0 Å².